The van der Waals surface area contributed by atoms with Crippen molar-refractivity contribution in [1.29, 1.82) is 0 Å². The molecule has 0 saturated carbocycles. The highest BCUT2D eigenvalue weighted by atomic mass is 35.5. The van der Waals surface area contributed by atoms with Gasteiger partial charge < -0.3 is 0 Å². The van der Waals surface area contributed by atoms with Crippen LogP contribution in [0.15, 0.2) is 29.2 Å². The average Bonchev–Trinajstić information content (AvgIpc) is 2.67. The van der Waals surface area contributed by atoms with Crippen LogP contribution in [0.2, 0.25) is 10.2 Å². The van der Waals surface area contributed by atoms with E-state index in [4.69, 9.17) is 23.2 Å². The van der Waals surface area contributed by atoms with E-state index in [1.165, 1.54) is 16.0 Å². The predicted molar refractivity (Wildman–Crippen MR) is 83.1 cm³/mol. The highest BCUT2D eigenvalue weighted by molar-refractivity contribution is 7.89. The molecule has 21 heavy (non-hydrogen) atoms. The number of halogens is 2. The lowest BCUT2D eigenvalue weighted by Gasteiger charge is -2.16. The van der Waals surface area contributed by atoms with Crippen molar-refractivity contribution < 1.29 is 8.42 Å². The summed E-state index contributed by atoms with van der Waals surface area (Å²) >= 11 is 12.0. The van der Waals surface area contributed by atoms with Crippen LogP contribution >= 0.6 is 23.2 Å². The fourth-order valence-corrected chi connectivity index (χ4v) is 3.32. The second-order valence-corrected chi connectivity index (χ2v) is 7.53. The Morgan fingerprint density at radius 2 is 1.81 bits per heavy atom. The summed E-state index contributed by atoms with van der Waals surface area (Å²) in [5, 5.41) is 4.67. The molecule has 1 aromatic carbocycles. The molecule has 1 aromatic heterocycles. The minimum absolute atomic E-state index is 0.0512. The third-order valence-corrected chi connectivity index (χ3v) is 5.84. The van der Waals surface area contributed by atoms with Crippen molar-refractivity contribution in [3.63, 3.8) is 0 Å². The van der Waals surface area contributed by atoms with Crippen molar-refractivity contribution in [2.24, 2.45) is 7.05 Å². The number of nitrogens with zero attached hydrogens (tertiary/aromatic N) is 3. The molecule has 2 aromatic rings. The number of benzene rings is 1. The van der Waals surface area contributed by atoms with Gasteiger partial charge in [0.2, 0.25) is 10.0 Å². The molecule has 0 spiro atoms. The summed E-state index contributed by atoms with van der Waals surface area (Å²) in [5.74, 6) is 0. The van der Waals surface area contributed by atoms with Gasteiger partial charge in [0, 0.05) is 14.1 Å². The number of aromatic nitrogens is 2. The van der Waals surface area contributed by atoms with E-state index in [1.54, 1.807) is 31.3 Å². The molecule has 0 amide bonds. The van der Waals surface area contributed by atoms with Crippen LogP contribution in [0.1, 0.15) is 11.3 Å². The summed E-state index contributed by atoms with van der Waals surface area (Å²) in [6, 6.07) is 6.67. The molecule has 0 unspecified atom stereocenters. The van der Waals surface area contributed by atoms with Crippen LogP contribution in [-0.4, -0.2) is 29.6 Å². The molecule has 0 aliphatic heterocycles. The molecule has 0 aliphatic carbocycles. The molecule has 0 saturated heterocycles. The first-order valence-corrected chi connectivity index (χ1v) is 8.33. The van der Waals surface area contributed by atoms with Crippen LogP contribution in [0.25, 0.3) is 0 Å². The molecular formula is C13H15Cl2N3O2S. The predicted octanol–water partition coefficient (Wildman–Crippen LogP) is 2.86. The summed E-state index contributed by atoms with van der Waals surface area (Å²) in [4.78, 5) is 0.230. The molecule has 0 bridgehead atoms. The van der Waals surface area contributed by atoms with Gasteiger partial charge in [-0.3, -0.25) is 4.68 Å². The summed E-state index contributed by atoms with van der Waals surface area (Å²) < 4.78 is 27.5. The number of aryl methyl sites for hydroxylation is 2. The van der Waals surface area contributed by atoms with E-state index < -0.39 is 10.0 Å². The largest absolute Gasteiger partial charge is 0.255 e. The zero-order valence-electron chi connectivity index (χ0n) is 11.8. The molecule has 114 valence electrons. The molecule has 0 radical (unpaired) electrons. The van der Waals surface area contributed by atoms with Crippen molar-refractivity contribution >= 4 is 33.2 Å². The van der Waals surface area contributed by atoms with E-state index in [1.807, 2.05) is 6.92 Å². The summed E-state index contributed by atoms with van der Waals surface area (Å²) in [5.41, 5.74) is 1.42. The van der Waals surface area contributed by atoms with Crippen molar-refractivity contribution in [3.8, 4) is 0 Å². The Hall–Kier alpha value is -1.08. The van der Waals surface area contributed by atoms with Crippen LogP contribution in [0, 0.1) is 6.92 Å². The maximum Gasteiger partial charge on any atom is 0.243 e. The van der Waals surface area contributed by atoms with Gasteiger partial charge in [0.1, 0.15) is 10.2 Å². The molecule has 0 N–H and O–H groups in total. The number of rotatable bonds is 4. The highest BCUT2D eigenvalue weighted by Gasteiger charge is 2.23. The Morgan fingerprint density at radius 1 is 1.24 bits per heavy atom. The van der Waals surface area contributed by atoms with E-state index in [-0.39, 0.29) is 21.6 Å². The first-order chi connectivity index (χ1) is 9.73. The number of hydrogen-bond donors (Lipinski definition) is 0. The maximum absolute atomic E-state index is 12.5. The molecule has 8 heteroatoms. The van der Waals surface area contributed by atoms with Gasteiger partial charge in [-0.15, -0.1) is 0 Å². The van der Waals surface area contributed by atoms with Gasteiger partial charge >= 0.3 is 0 Å². The van der Waals surface area contributed by atoms with E-state index in [2.05, 4.69) is 5.10 Å². The van der Waals surface area contributed by atoms with Crippen molar-refractivity contribution in [1.82, 2.24) is 14.1 Å². The van der Waals surface area contributed by atoms with E-state index in [0.717, 1.165) is 5.56 Å². The lowest BCUT2D eigenvalue weighted by molar-refractivity contribution is 0.460. The second-order valence-electron chi connectivity index (χ2n) is 4.75. The fourth-order valence-electron chi connectivity index (χ4n) is 1.82. The van der Waals surface area contributed by atoms with Gasteiger partial charge in [0.15, 0.2) is 0 Å². The van der Waals surface area contributed by atoms with Crippen LogP contribution < -0.4 is 0 Å². The Bertz CT molecular complexity index is 754. The Morgan fingerprint density at radius 3 is 2.29 bits per heavy atom. The van der Waals surface area contributed by atoms with Crippen LogP contribution in [0.4, 0.5) is 0 Å². The summed E-state index contributed by atoms with van der Waals surface area (Å²) in [6.45, 7) is 1.95. The first-order valence-electron chi connectivity index (χ1n) is 6.13. The Labute approximate surface area is 134 Å². The normalized spacial score (nSPS) is 12.1. The second kappa shape index (κ2) is 5.96. The van der Waals surface area contributed by atoms with Gasteiger partial charge in [0.25, 0.3) is 0 Å². The standard InChI is InChI=1S/C13H15Cl2N3O2S/c1-9-4-6-10(7-5-9)21(19,20)17(2)8-11-12(14)13(15)18(3)16-11/h4-7H,8H2,1-3H3. The lowest BCUT2D eigenvalue weighted by Crippen LogP contribution is -2.26. The van der Waals surface area contributed by atoms with Crippen LogP contribution in [0.3, 0.4) is 0 Å². The molecule has 0 aliphatic rings. The van der Waals surface area contributed by atoms with Gasteiger partial charge in [-0.2, -0.15) is 9.40 Å². The minimum atomic E-state index is -3.59. The molecule has 0 atom stereocenters. The van der Waals surface area contributed by atoms with E-state index in [0.29, 0.717) is 5.69 Å². The van der Waals surface area contributed by atoms with E-state index in [9.17, 15) is 8.42 Å². The molecular weight excluding hydrogens is 333 g/mol. The average molecular weight is 348 g/mol. The van der Waals surface area contributed by atoms with Crippen molar-refractivity contribution in [2.45, 2.75) is 18.4 Å². The summed E-state index contributed by atoms with van der Waals surface area (Å²) in [6.07, 6.45) is 0. The zero-order chi connectivity index (χ0) is 15.8. The Kier molecular flexibility index (Phi) is 4.63. The smallest absolute Gasteiger partial charge is 0.243 e. The first kappa shape index (κ1) is 16.3. The zero-order valence-corrected chi connectivity index (χ0v) is 14.2. The highest BCUT2D eigenvalue weighted by Crippen LogP contribution is 2.27. The monoisotopic (exact) mass is 347 g/mol. The third kappa shape index (κ3) is 3.23. The van der Waals surface area contributed by atoms with Gasteiger partial charge in [0.05, 0.1) is 17.1 Å². The quantitative estimate of drug-likeness (QED) is 0.854. The topological polar surface area (TPSA) is 55.2 Å². The molecule has 1 heterocycles. The van der Waals surface area contributed by atoms with Crippen LogP contribution in [-0.2, 0) is 23.6 Å². The maximum atomic E-state index is 12.5. The minimum Gasteiger partial charge on any atom is -0.255 e. The number of sulfonamides is 1. The van der Waals surface area contributed by atoms with Gasteiger partial charge in [-0.05, 0) is 19.1 Å². The Balaban J connectivity index is 2.28. The SMILES string of the molecule is Cc1ccc(S(=O)(=O)N(C)Cc2nn(C)c(Cl)c2Cl)cc1. The lowest BCUT2D eigenvalue weighted by atomic mass is 10.2. The molecule has 2 rings (SSSR count). The molecule has 0 fully saturated rings. The van der Waals surface area contributed by atoms with Gasteiger partial charge in [-0.1, -0.05) is 40.9 Å². The van der Waals surface area contributed by atoms with Crippen LogP contribution in [0.5, 0.6) is 0 Å². The molecule has 5 nitrogen and oxygen atoms in total. The summed E-state index contributed by atoms with van der Waals surface area (Å²) in [7, 11) is -0.467. The van der Waals surface area contributed by atoms with E-state index >= 15 is 0 Å². The third-order valence-electron chi connectivity index (χ3n) is 3.09. The van der Waals surface area contributed by atoms with Crippen molar-refractivity contribution in [3.05, 3.63) is 45.7 Å². The van der Waals surface area contributed by atoms with Crippen molar-refractivity contribution in [2.75, 3.05) is 7.05 Å². The number of hydrogen-bond acceptors (Lipinski definition) is 3. The fraction of sp³-hybridized carbons (Fsp3) is 0.308. The van der Waals surface area contributed by atoms with Gasteiger partial charge in [-0.25, -0.2) is 8.42 Å².